The summed E-state index contributed by atoms with van der Waals surface area (Å²) in [6.07, 6.45) is 1.83. The topological polar surface area (TPSA) is 0 Å². The highest BCUT2D eigenvalue weighted by Gasteiger charge is 1.89. The van der Waals surface area contributed by atoms with E-state index in [-0.39, 0.29) is 0 Å². The zero-order valence-electron chi connectivity index (χ0n) is 7.96. The van der Waals surface area contributed by atoms with Crippen LogP contribution >= 0.6 is 12.6 Å². The molecular formula is C11H16S. The quantitative estimate of drug-likeness (QED) is 0.621. The second kappa shape index (κ2) is 5.90. The van der Waals surface area contributed by atoms with Crippen molar-refractivity contribution in [1.82, 2.24) is 0 Å². The maximum atomic E-state index is 4.23. The Bertz CT molecular complexity index is 231. The highest BCUT2D eigenvalue weighted by atomic mass is 32.1. The second-order valence-electron chi connectivity index (χ2n) is 2.31. The highest BCUT2D eigenvalue weighted by molar-refractivity contribution is 7.80. The minimum absolute atomic E-state index is 0.995. The van der Waals surface area contributed by atoms with E-state index in [1.807, 2.05) is 39.0 Å². The Balaban J connectivity index is 0.000000561. The lowest BCUT2D eigenvalue weighted by Gasteiger charge is -1.97. The highest BCUT2D eigenvalue weighted by Crippen LogP contribution is 2.13. The van der Waals surface area contributed by atoms with E-state index >= 15 is 0 Å². The molecule has 0 aliphatic heterocycles. The van der Waals surface area contributed by atoms with Crippen LogP contribution in [0, 0.1) is 6.92 Å². The molecule has 0 saturated carbocycles. The molecule has 0 spiro atoms. The molecule has 0 aliphatic carbocycles. The monoisotopic (exact) mass is 180 g/mol. The molecule has 0 fully saturated rings. The van der Waals surface area contributed by atoms with Gasteiger partial charge in [0.15, 0.2) is 0 Å². The first kappa shape index (κ1) is 11.3. The van der Waals surface area contributed by atoms with E-state index in [0.717, 1.165) is 10.5 Å². The molecular weight excluding hydrogens is 164 g/mol. The maximum absolute atomic E-state index is 4.23. The zero-order chi connectivity index (χ0) is 9.56. The molecule has 1 aromatic carbocycles. The molecule has 0 unspecified atom stereocenters. The molecule has 12 heavy (non-hydrogen) atoms. The largest absolute Gasteiger partial charge is 0.143 e. The third kappa shape index (κ3) is 3.63. The summed E-state index contributed by atoms with van der Waals surface area (Å²) in [7, 11) is 0. The van der Waals surface area contributed by atoms with E-state index in [1.54, 1.807) is 0 Å². The van der Waals surface area contributed by atoms with Gasteiger partial charge in [-0.15, -0.1) is 12.6 Å². The average molecular weight is 180 g/mol. The van der Waals surface area contributed by atoms with Gasteiger partial charge >= 0.3 is 0 Å². The molecule has 0 saturated heterocycles. The van der Waals surface area contributed by atoms with Gasteiger partial charge in [0.1, 0.15) is 0 Å². The Morgan fingerprint density at radius 2 is 1.83 bits per heavy atom. The van der Waals surface area contributed by atoms with E-state index in [9.17, 15) is 0 Å². The first-order valence-electron chi connectivity index (χ1n) is 4.15. The lowest BCUT2D eigenvalue weighted by molar-refractivity contribution is 1.36. The predicted octanol–water partition coefficient (Wildman–Crippen LogP) is 3.95. The molecule has 0 N–H and O–H groups in total. The maximum Gasteiger partial charge on any atom is 0.00485 e. The summed E-state index contributed by atoms with van der Waals surface area (Å²) < 4.78 is 0. The molecule has 0 amide bonds. The summed E-state index contributed by atoms with van der Waals surface area (Å²) >= 11 is 4.23. The number of hydrogen-bond donors (Lipinski definition) is 1. The molecule has 0 aliphatic rings. The number of benzene rings is 1. The Morgan fingerprint density at radius 1 is 1.25 bits per heavy atom. The third-order valence-electron chi connectivity index (χ3n) is 1.32. The van der Waals surface area contributed by atoms with Crippen LogP contribution in [0.15, 0.2) is 29.7 Å². The van der Waals surface area contributed by atoms with Crippen molar-refractivity contribution in [1.29, 1.82) is 0 Å². The minimum Gasteiger partial charge on any atom is -0.143 e. The summed E-state index contributed by atoms with van der Waals surface area (Å²) in [6, 6.07) is 6.09. The van der Waals surface area contributed by atoms with Crippen LogP contribution in [0.25, 0.3) is 6.08 Å². The lowest BCUT2D eigenvalue weighted by Crippen LogP contribution is -1.75. The molecule has 0 bridgehead atoms. The fourth-order valence-corrected chi connectivity index (χ4v) is 1.26. The Labute approximate surface area is 80.7 Å². The van der Waals surface area contributed by atoms with Gasteiger partial charge in [0.25, 0.3) is 0 Å². The van der Waals surface area contributed by atoms with E-state index in [2.05, 4.69) is 25.3 Å². The van der Waals surface area contributed by atoms with Crippen molar-refractivity contribution in [2.45, 2.75) is 25.7 Å². The molecule has 0 heterocycles. The summed E-state index contributed by atoms with van der Waals surface area (Å²) in [4.78, 5) is 0.995. The van der Waals surface area contributed by atoms with Crippen molar-refractivity contribution in [3.63, 3.8) is 0 Å². The van der Waals surface area contributed by atoms with Gasteiger partial charge in [-0.05, 0) is 30.2 Å². The summed E-state index contributed by atoms with van der Waals surface area (Å²) in [5, 5.41) is 0. The zero-order valence-corrected chi connectivity index (χ0v) is 8.86. The number of rotatable bonds is 1. The molecule has 0 nitrogen and oxygen atoms in total. The summed E-state index contributed by atoms with van der Waals surface area (Å²) in [5.41, 5.74) is 2.35. The van der Waals surface area contributed by atoms with Crippen molar-refractivity contribution >= 4 is 18.7 Å². The van der Waals surface area contributed by atoms with E-state index in [4.69, 9.17) is 0 Å². The van der Waals surface area contributed by atoms with Gasteiger partial charge in [-0.3, -0.25) is 0 Å². The van der Waals surface area contributed by atoms with Crippen molar-refractivity contribution in [3.05, 3.63) is 35.9 Å². The van der Waals surface area contributed by atoms with Gasteiger partial charge in [0, 0.05) is 4.90 Å². The molecule has 0 atom stereocenters. The fourth-order valence-electron chi connectivity index (χ4n) is 0.910. The van der Waals surface area contributed by atoms with Crippen LogP contribution in [0.5, 0.6) is 0 Å². The van der Waals surface area contributed by atoms with Crippen molar-refractivity contribution < 1.29 is 0 Å². The first-order chi connectivity index (χ1) is 5.72. The van der Waals surface area contributed by atoms with Gasteiger partial charge in [-0.25, -0.2) is 0 Å². The lowest BCUT2D eigenvalue weighted by atomic mass is 10.1. The van der Waals surface area contributed by atoms with E-state index < -0.39 is 0 Å². The Kier molecular flexibility index (Phi) is 5.56. The van der Waals surface area contributed by atoms with Crippen LogP contribution in [-0.4, -0.2) is 0 Å². The number of thiol groups is 1. The van der Waals surface area contributed by atoms with Crippen LogP contribution in [0.3, 0.4) is 0 Å². The Morgan fingerprint density at radius 3 is 2.25 bits per heavy atom. The molecule has 0 aromatic heterocycles. The smallest absolute Gasteiger partial charge is 0.00485 e. The SMILES string of the molecule is C=Cc1cc(C)cc(S)c1.CC. The fraction of sp³-hybridized carbons (Fsp3) is 0.273. The normalized spacial score (nSPS) is 8.33. The molecule has 66 valence electrons. The summed E-state index contributed by atoms with van der Waals surface area (Å²) in [6.45, 7) is 9.73. The van der Waals surface area contributed by atoms with Crippen molar-refractivity contribution in [3.8, 4) is 0 Å². The predicted molar refractivity (Wildman–Crippen MR) is 59.9 cm³/mol. The minimum atomic E-state index is 0.995. The van der Waals surface area contributed by atoms with Crippen molar-refractivity contribution in [2.24, 2.45) is 0 Å². The molecule has 1 rings (SSSR count). The summed E-state index contributed by atoms with van der Waals surface area (Å²) in [5.74, 6) is 0. The third-order valence-corrected chi connectivity index (χ3v) is 1.58. The van der Waals surface area contributed by atoms with Gasteiger partial charge in [0.05, 0.1) is 0 Å². The van der Waals surface area contributed by atoms with Crippen LogP contribution < -0.4 is 0 Å². The van der Waals surface area contributed by atoms with Gasteiger partial charge in [0.2, 0.25) is 0 Å². The van der Waals surface area contributed by atoms with Gasteiger partial charge < -0.3 is 0 Å². The van der Waals surface area contributed by atoms with Crippen LogP contribution in [0.4, 0.5) is 0 Å². The average Bonchev–Trinajstić information content (AvgIpc) is 2.06. The van der Waals surface area contributed by atoms with Crippen LogP contribution in [0.1, 0.15) is 25.0 Å². The standard InChI is InChI=1S/C9H10S.C2H6/c1-3-8-4-7(2)5-9(10)6-8;1-2/h3-6,10H,1H2,2H3;1-2H3. The Hall–Kier alpha value is -0.690. The first-order valence-corrected chi connectivity index (χ1v) is 4.60. The van der Waals surface area contributed by atoms with Crippen molar-refractivity contribution in [2.75, 3.05) is 0 Å². The van der Waals surface area contributed by atoms with Gasteiger partial charge in [-0.2, -0.15) is 0 Å². The van der Waals surface area contributed by atoms with Crippen LogP contribution in [0.2, 0.25) is 0 Å². The number of hydrogen-bond acceptors (Lipinski definition) is 1. The van der Waals surface area contributed by atoms with Gasteiger partial charge in [-0.1, -0.05) is 32.6 Å². The number of aryl methyl sites for hydroxylation is 1. The van der Waals surface area contributed by atoms with E-state index in [1.165, 1.54) is 5.56 Å². The molecule has 0 radical (unpaired) electrons. The molecule has 1 heteroatoms. The van der Waals surface area contributed by atoms with E-state index in [0.29, 0.717) is 0 Å². The molecule has 1 aromatic rings. The second-order valence-corrected chi connectivity index (χ2v) is 2.82. The van der Waals surface area contributed by atoms with Crippen LogP contribution in [-0.2, 0) is 0 Å².